The van der Waals surface area contributed by atoms with Crippen molar-refractivity contribution >= 4 is 6.29 Å². The molecule has 0 heterocycles. The summed E-state index contributed by atoms with van der Waals surface area (Å²) < 4.78 is 0. The molecule has 0 unspecified atom stereocenters. The normalized spacial score (nSPS) is 25.1. The highest BCUT2D eigenvalue weighted by Gasteiger charge is 2.43. The summed E-state index contributed by atoms with van der Waals surface area (Å²) in [5.74, 6) is 0. The first-order valence-electron chi connectivity index (χ1n) is 3.35. The van der Waals surface area contributed by atoms with Gasteiger partial charge in [-0.1, -0.05) is 6.92 Å². The van der Waals surface area contributed by atoms with Crippen molar-refractivity contribution in [2.45, 2.75) is 25.8 Å². The van der Waals surface area contributed by atoms with Gasteiger partial charge in [-0.25, -0.2) is 0 Å². The quantitative estimate of drug-likeness (QED) is 0.562. The number of carbonyl (C=O) groups is 1. The molecule has 1 fully saturated rings. The van der Waals surface area contributed by atoms with E-state index in [-0.39, 0.29) is 11.5 Å². The van der Waals surface area contributed by atoms with Gasteiger partial charge < -0.3 is 10.1 Å². The zero-order valence-corrected chi connectivity index (χ0v) is 5.98. The summed E-state index contributed by atoms with van der Waals surface area (Å²) in [5.41, 5.74) is 0.288. The van der Waals surface area contributed by atoms with Crippen molar-refractivity contribution in [1.29, 1.82) is 0 Å². The van der Waals surface area contributed by atoms with Crippen molar-refractivity contribution in [1.82, 2.24) is 5.32 Å². The Labute approximate surface area is 55.6 Å². The van der Waals surface area contributed by atoms with Gasteiger partial charge in [0.15, 0.2) is 0 Å². The lowest BCUT2D eigenvalue weighted by Gasteiger charge is -2.15. The number of aldehydes is 1. The minimum absolute atomic E-state index is 0.0810. The predicted molar refractivity (Wildman–Crippen MR) is 36.3 cm³/mol. The summed E-state index contributed by atoms with van der Waals surface area (Å²) in [5, 5.41) is 2.99. The van der Waals surface area contributed by atoms with Crippen molar-refractivity contribution in [2.75, 3.05) is 7.05 Å². The van der Waals surface area contributed by atoms with Crippen LogP contribution in [-0.2, 0) is 4.79 Å². The fraction of sp³-hybridized carbons (Fsp3) is 0.857. The van der Waals surface area contributed by atoms with E-state index in [0.717, 1.165) is 6.29 Å². The molecule has 0 saturated heterocycles. The van der Waals surface area contributed by atoms with Crippen LogP contribution in [0, 0.1) is 5.41 Å². The predicted octanol–water partition coefficient (Wildman–Crippen LogP) is 0.573. The minimum atomic E-state index is 0.0810. The van der Waals surface area contributed by atoms with E-state index in [1.54, 1.807) is 0 Å². The van der Waals surface area contributed by atoms with E-state index >= 15 is 0 Å². The number of carbonyl (C=O) groups excluding carboxylic acids is 1. The Hall–Kier alpha value is -0.370. The topological polar surface area (TPSA) is 29.1 Å². The van der Waals surface area contributed by atoms with Gasteiger partial charge in [-0.05, 0) is 25.3 Å². The lowest BCUT2D eigenvalue weighted by molar-refractivity contribution is -0.110. The second-order valence-corrected chi connectivity index (χ2v) is 3.06. The van der Waals surface area contributed by atoms with Crippen molar-refractivity contribution in [3.05, 3.63) is 0 Å². The molecule has 1 saturated carbocycles. The number of hydrogen-bond donors (Lipinski definition) is 1. The van der Waals surface area contributed by atoms with Gasteiger partial charge in [0, 0.05) is 0 Å². The molecule has 52 valence electrons. The molecule has 0 spiro atoms. The average Bonchev–Trinajstić information content (AvgIpc) is 2.52. The third-order valence-electron chi connectivity index (χ3n) is 2.24. The summed E-state index contributed by atoms with van der Waals surface area (Å²) in [6.07, 6.45) is 3.39. The molecule has 9 heavy (non-hydrogen) atoms. The highest BCUT2D eigenvalue weighted by atomic mass is 16.1. The summed E-state index contributed by atoms with van der Waals surface area (Å²) in [6, 6.07) is 0.0810. The average molecular weight is 127 g/mol. The van der Waals surface area contributed by atoms with Crippen LogP contribution in [0.15, 0.2) is 0 Å². The van der Waals surface area contributed by atoms with Crippen molar-refractivity contribution < 1.29 is 4.79 Å². The fourth-order valence-corrected chi connectivity index (χ4v) is 1.09. The molecular formula is C7H13NO. The summed E-state index contributed by atoms with van der Waals surface area (Å²) in [4.78, 5) is 10.4. The zero-order valence-electron chi connectivity index (χ0n) is 5.98. The molecule has 0 aliphatic heterocycles. The molecular weight excluding hydrogens is 114 g/mol. The Balaban J connectivity index is 2.46. The standard InChI is InChI=1S/C7H13NO/c1-7(3-4-7)6(5-9)8-2/h5-6,8H,3-4H2,1-2H3/t6-/m1/s1. The zero-order chi connectivity index (χ0) is 6.91. The van der Waals surface area contributed by atoms with Crippen molar-refractivity contribution in [2.24, 2.45) is 5.41 Å². The molecule has 0 aromatic carbocycles. The Morgan fingerprint density at radius 2 is 2.22 bits per heavy atom. The van der Waals surface area contributed by atoms with E-state index in [1.165, 1.54) is 12.8 Å². The molecule has 2 nitrogen and oxygen atoms in total. The van der Waals surface area contributed by atoms with Crippen LogP contribution in [0.4, 0.5) is 0 Å². The molecule has 1 rings (SSSR count). The third kappa shape index (κ3) is 1.13. The van der Waals surface area contributed by atoms with E-state index in [2.05, 4.69) is 12.2 Å². The van der Waals surface area contributed by atoms with Crippen LogP contribution in [0.2, 0.25) is 0 Å². The lowest BCUT2D eigenvalue weighted by Crippen LogP contribution is -2.34. The van der Waals surface area contributed by atoms with Gasteiger partial charge >= 0.3 is 0 Å². The van der Waals surface area contributed by atoms with Crippen LogP contribution in [0.3, 0.4) is 0 Å². The Morgan fingerprint density at radius 3 is 2.33 bits per heavy atom. The Kier molecular flexibility index (Phi) is 1.58. The van der Waals surface area contributed by atoms with Crippen molar-refractivity contribution in [3.63, 3.8) is 0 Å². The number of nitrogens with one attached hydrogen (secondary N) is 1. The van der Waals surface area contributed by atoms with Gasteiger partial charge in [-0.2, -0.15) is 0 Å². The van der Waals surface area contributed by atoms with Crippen LogP contribution in [-0.4, -0.2) is 19.4 Å². The van der Waals surface area contributed by atoms with E-state index in [9.17, 15) is 4.79 Å². The summed E-state index contributed by atoms with van der Waals surface area (Å²) >= 11 is 0. The fourth-order valence-electron chi connectivity index (χ4n) is 1.09. The van der Waals surface area contributed by atoms with E-state index in [0.29, 0.717) is 0 Å². The molecule has 1 N–H and O–H groups in total. The number of hydrogen-bond acceptors (Lipinski definition) is 2. The maximum absolute atomic E-state index is 10.4. The van der Waals surface area contributed by atoms with Crippen LogP contribution >= 0.6 is 0 Å². The maximum atomic E-state index is 10.4. The highest BCUT2D eigenvalue weighted by molar-refractivity contribution is 5.60. The van der Waals surface area contributed by atoms with E-state index in [1.807, 2.05) is 7.05 Å². The van der Waals surface area contributed by atoms with Crippen LogP contribution in [0.25, 0.3) is 0 Å². The summed E-state index contributed by atoms with van der Waals surface area (Å²) in [7, 11) is 1.84. The van der Waals surface area contributed by atoms with Gasteiger partial charge in [0.2, 0.25) is 0 Å². The van der Waals surface area contributed by atoms with Crippen LogP contribution in [0.1, 0.15) is 19.8 Å². The summed E-state index contributed by atoms with van der Waals surface area (Å²) in [6.45, 7) is 2.14. The van der Waals surface area contributed by atoms with Crippen LogP contribution in [0.5, 0.6) is 0 Å². The number of likely N-dealkylation sites (N-methyl/N-ethyl adjacent to an activating group) is 1. The van der Waals surface area contributed by atoms with Gasteiger partial charge in [0.25, 0.3) is 0 Å². The first-order valence-corrected chi connectivity index (χ1v) is 3.35. The van der Waals surface area contributed by atoms with E-state index < -0.39 is 0 Å². The SMILES string of the molecule is CN[C@H](C=O)C1(C)CC1. The smallest absolute Gasteiger partial charge is 0.137 e. The molecule has 0 amide bonds. The molecule has 0 bridgehead atoms. The van der Waals surface area contributed by atoms with Gasteiger partial charge in [0.1, 0.15) is 6.29 Å². The minimum Gasteiger partial charge on any atom is -0.310 e. The maximum Gasteiger partial charge on any atom is 0.137 e. The first kappa shape index (κ1) is 6.75. The van der Waals surface area contributed by atoms with Gasteiger partial charge in [-0.3, -0.25) is 0 Å². The van der Waals surface area contributed by atoms with Gasteiger partial charge in [0.05, 0.1) is 6.04 Å². The molecule has 0 aromatic rings. The Morgan fingerprint density at radius 1 is 1.67 bits per heavy atom. The van der Waals surface area contributed by atoms with E-state index in [4.69, 9.17) is 0 Å². The highest BCUT2D eigenvalue weighted by Crippen LogP contribution is 2.47. The molecule has 2 heteroatoms. The largest absolute Gasteiger partial charge is 0.310 e. The molecule has 1 aliphatic carbocycles. The molecule has 0 radical (unpaired) electrons. The number of rotatable bonds is 3. The monoisotopic (exact) mass is 127 g/mol. The Bertz CT molecular complexity index is 118. The third-order valence-corrected chi connectivity index (χ3v) is 2.24. The molecule has 1 atom stereocenters. The first-order chi connectivity index (χ1) is 4.23. The second-order valence-electron chi connectivity index (χ2n) is 3.06. The lowest BCUT2D eigenvalue weighted by atomic mass is 10.0. The van der Waals surface area contributed by atoms with Gasteiger partial charge in [-0.15, -0.1) is 0 Å². The van der Waals surface area contributed by atoms with Crippen LogP contribution < -0.4 is 5.32 Å². The molecule has 0 aromatic heterocycles. The van der Waals surface area contributed by atoms with Crippen molar-refractivity contribution in [3.8, 4) is 0 Å². The second kappa shape index (κ2) is 2.10. The molecule has 1 aliphatic rings.